The van der Waals surface area contributed by atoms with E-state index >= 15 is 0 Å². The molecule has 1 aromatic heterocycles. The molecule has 17 heavy (non-hydrogen) atoms. The predicted molar refractivity (Wildman–Crippen MR) is 67.1 cm³/mol. The van der Waals surface area contributed by atoms with Gasteiger partial charge < -0.3 is 10.1 Å². The average Bonchev–Trinajstić information content (AvgIpc) is 2.25. The second-order valence-corrected chi connectivity index (χ2v) is 3.63. The van der Waals surface area contributed by atoms with Gasteiger partial charge in [0.25, 0.3) is 0 Å². The summed E-state index contributed by atoms with van der Waals surface area (Å²) in [4.78, 5) is 12.5. The second kappa shape index (κ2) is 6.85. The number of nitrogens with zero attached hydrogens (tertiary/aromatic N) is 4. The Morgan fingerprint density at radius 2 is 1.82 bits per heavy atom. The Hall–Kier alpha value is -1.63. The van der Waals surface area contributed by atoms with Gasteiger partial charge in [-0.25, -0.2) is 5.01 Å². The summed E-state index contributed by atoms with van der Waals surface area (Å²) in [5.74, 6) is 0.988. The van der Waals surface area contributed by atoms with Gasteiger partial charge in [0.2, 0.25) is 11.9 Å². The summed E-state index contributed by atoms with van der Waals surface area (Å²) < 4.78 is 5.29. The van der Waals surface area contributed by atoms with Gasteiger partial charge in [-0.3, -0.25) is 5.43 Å². The first-order chi connectivity index (χ1) is 8.15. The Balaban J connectivity index is 2.84. The Morgan fingerprint density at radius 3 is 2.41 bits per heavy atom. The number of ether oxygens (including phenoxy) is 1. The van der Waals surface area contributed by atoms with Crippen molar-refractivity contribution in [3.63, 3.8) is 0 Å². The van der Waals surface area contributed by atoms with Crippen molar-refractivity contribution in [2.45, 2.75) is 20.3 Å². The first kappa shape index (κ1) is 13.4. The minimum absolute atomic E-state index is 0.324. The van der Waals surface area contributed by atoms with E-state index in [2.05, 4.69) is 32.6 Å². The number of anilines is 2. The highest BCUT2D eigenvalue weighted by molar-refractivity contribution is 5.35. The molecule has 0 aromatic carbocycles. The van der Waals surface area contributed by atoms with Crippen LogP contribution in [0.1, 0.15) is 20.3 Å². The fourth-order valence-corrected chi connectivity index (χ4v) is 1.12. The highest BCUT2D eigenvalue weighted by Crippen LogP contribution is 2.11. The molecule has 1 heterocycles. The van der Waals surface area contributed by atoms with Gasteiger partial charge in [-0.05, 0) is 13.3 Å². The molecule has 1 rings (SSSR count). The molecule has 0 aliphatic heterocycles. The second-order valence-electron chi connectivity index (χ2n) is 3.63. The lowest BCUT2D eigenvalue weighted by Crippen LogP contribution is -2.22. The molecule has 0 atom stereocenters. The summed E-state index contributed by atoms with van der Waals surface area (Å²) in [6.07, 6.45) is 1.01. The molecule has 0 aliphatic carbocycles. The number of hydrogen-bond acceptors (Lipinski definition) is 7. The fourth-order valence-electron chi connectivity index (χ4n) is 1.12. The molecule has 0 spiro atoms. The van der Waals surface area contributed by atoms with E-state index in [1.807, 2.05) is 21.0 Å². The molecule has 0 unspecified atom stereocenters. The van der Waals surface area contributed by atoms with E-state index in [4.69, 9.17) is 4.74 Å². The van der Waals surface area contributed by atoms with Crippen molar-refractivity contribution in [3.05, 3.63) is 0 Å². The number of nitrogens with one attached hydrogen (secondary N) is 2. The van der Waals surface area contributed by atoms with E-state index in [1.165, 1.54) is 0 Å². The summed E-state index contributed by atoms with van der Waals surface area (Å²) in [5.41, 5.74) is 2.97. The Bertz CT molecular complexity index is 344. The molecule has 0 saturated heterocycles. The lowest BCUT2D eigenvalue weighted by atomic mass is 10.5. The van der Waals surface area contributed by atoms with Crippen LogP contribution < -0.4 is 15.5 Å². The van der Waals surface area contributed by atoms with Crippen molar-refractivity contribution in [2.75, 3.05) is 38.0 Å². The maximum atomic E-state index is 5.29. The average molecular weight is 240 g/mol. The number of hydrazine groups is 1. The van der Waals surface area contributed by atoms with Crippen LogP contribution in [0.2, 0.25) is 0 Å². The molecule has 0 amide bonds. The number of rotatable bonds is 7. The summed E-state index contributed by atoms with van der Waals surface area (Å²) in [6, 6.07) is 0.324. The van der Waals surface area contributed by atoms with Crippen LogP contribution in [-0.4, -0.2) is 47.2 Å². The SMILES string of the molecule is CCCNc1nc(NN(C)C)nc(OCC)n1. The van der Waals surface area contributed by atoms with Gasteiger partial charge in [-0.2, -0.15) is 15.0 Å². The Labute approximate surface area is 102 Å². The zero-order chi connectivity index (χ0) is 12.7. The largest absolute Gasteiger partial charge is 0.464 e. The van der Waals surface area contributed by atoms with Crippen LogP contribution in [-0.2, 0) is 0 Å². The molecule has 0 bridgehead atoms. The maximum Gasteiger partial charge on any atom is 0.323 e. The summed E-state index contributed by atoms with van der Waals surface area (Å²) in [5, 5.41) is 4.86. The molecule has 7 heteroatoms. The molecule has 1 aromatic rings. The number of aromatic nitrogens is 3. The minimum atomic E-state index is 0.324. The van der Waals surface area contributed by atoms with Crippen LogP contribution in [0, 0.1) is 0 Å². The van der Waals surface area contributed by atoms with Crippen molar-refractivity contribution in [1.82, 2.24) is 20.0 Å². The van der Waals surface area contributed by atoms with E-state index < -0.39 is 0 Å². The third-order valence-electron chi connectivity index (χ3n) is 1.75. The van der Waals surface area contributed by atoms with E-state index in [0.29, 0.717) is 24.5 Å². The standard InChI is InChI=1S/C10H20N6O/c1-5-7-11-8-12-9(15-16(3)4)14-10(13-8)17-6-2/h5-7H2,1-4H3,(H2,11,12,13,14,15). The van der Waals surface area contributed by atoms with Crippen LogP contribution in [0.15, 0.2) is 0 Å². The summed E-state index contributed by atoms with van der Waals surface area (Å²) in [7, 11) is 3.73. The van der Waals surface area contributed by atoms with E-state index in [1.54, 1.807) is 5.01 Å². The molecular formula is C10H20N6O. The Kier molecular flexibility index (Phi) is 5.41. The van der Waals surface area contributed by atoms with E-state index in [0.717, 1.165) is 13.0 Å². The highest BCUT2D eigenvalue weighted by Gasteiger charge is 2.07. The van der Waals surface area contributed by atoms with Crippen LogP contribution in [0.25, 0.3) is 0 Å². The van der Waals surface area contributed by atoms with Crippen LogP contribution >= 0.6 is 0 Å². The van der Waals surface area contributed by atoms with Crippen molar-refractivity contribution in [3.8, 4) is 6.01 Å². The smallest absolute Gasteiger partial charge is 0.323 e. The fraction of sp³-hybridized carbons (Fsp3) is 0.700. The van der Waals surface area contributed by atoms with Crippen molar-refractivity contribution in [1.29, 1.82) is 0 Å². The van der Waals surface area contributed by atoms with Gasteiger partial charge in [0.1, 0.15) is 0 Å². The van der Waals surface area contributed by atoms with Gasteiger partial charge in [-0.15, -0.1) is 0 Å². The molecule has 0 aliphatic rings. The van der Waals surface area contributed by atoms with Crippen LogP contribution in [0.4, 0.5) is 11.9 Å². The Morgan fingerprint density at radius 1 is 1.12 bits per heavy atom. The molecule has 0 saturated carbocycles. The lowest BCUT2D eigenvalue weighted by molar-refractivity contribution is 0.311. The quantitative estimate of drug-likeness (QED) is 0.688. The number of hydrogen-bond donors (Lipinski definition) is 2. The van der Waals surface area contributed by atoms with Gasteiger partial charge in [0.15, 0.2) is 0 Å². The zero-order valence-electron chi connectivity index (χ0n) is 10.8. The first-order valence-corrected chi connectivity index (χ1v) is 5.72. The van der Waals surface area contributed by atoms with Gasteiger partial charge in [0, 0.05) is 20.6 Å². The normalized spacial score (nSPS) is 10.4. The molecular weight excluding hydrogens is 220 g/mol. The van der Waals surface area contributed by atoms with Crippen molar-refractivity contribution in [2.24, 2.45) is 0 Å². The zero-order valence-corrected chi connectivity index (χ0v) is 10.8. The molecule has 7 nitrogen and oxygen atoms in total. The van der Waals surface area contributed by atoms with E-state index in [-0.39, 0.29) is 0 Å². The molecule has 96 valence electrons. The lowest BCUT2D eigenvalue weighted by Gasteiger charge is -2.13. The van der Waals surface area contributed by atoms with Crippen LogP contribution in [0.5, 0.6) is 6.01 Å². The minimum Gasteiger partial charge on any atom is -0.464 e. The van der Waals surface area contributed by atoms with Crippen molar-refractivity contribution >= 4 is 11.9 Å². The van der Waals surface area contributed by atoms with E-state index in [9.17, 15) is 0 Å². The molecule has 0 radical (unpaired) electrons. The monoisotopic (exact) mass is 240 g/mol. The van der Waals surface area contributed by atoms with Crippen LogP contribution in [0.3, 0.4) is 0 Å². The third-order valence-corrected chi connectivity index (χ3v) is 1.75. The third kappa shape index (κ3) is 4.81. The topological polar surface area (TPSA) is 75.2 Å². The van der Waals surface area contributed by atoms with Gasteiger partial charge in [0.05, 0.1) is 6.61 Å². The predicted octanol–water partition coefficient (Wildman–Crippen LogP) is 0.981. The maximum absolute atomic E-state index is 5.29. The van der Waals surface area contributed by atoms with Crippen molar-refractivity contribution < 1.29 is 4.74 Å². The van der Waals surface area contributed by atoms with Gasteiger partial charge >= 0.3 is 6.01 Å². The summed E-state index contributed by atoms with van der Waals surface area (Å²) in [6.45, 7) is 5.31. The first-order valence-electron chi connectivity index (χ1n) is 5.72. The molecule has 2 N–H and O–H groups in total. The van der Waals surface area contributed by atoms with Gasteiger partial charge in [-0.1, -0.05) is 6.92 Å². The summed E-state index contributed by atoms with van der Waals surface area (Å²) >= 11 is 0. The highest BCUT2D eigenvalue weighted by atomic mass is 16.5. The molecule has 0 fully saturated rings.